The number of hydrogen-bond acceptors (Lipinski definition) is 2. The number of carboxylic acids is 2. The fourth-order valence-electron chi connectivity index (χ4n) is 8.44. The average Bonchev–Trinajstić information content (AvgIpc) is 3.03. The van der Waals surface area contributed by atoms with Crippen LogP contribution in [0.1, 0.15) is 99.3 Å². The van der Waals surface area contributed by atoms with E-state index in [0.717, 1.165) is 25.7 Å². The van der Waals surface area contributed by atoms with E-state index in [-0.39, 0.29) is 22.7 Å². The van der Waals surface area contributed by atoms with Crippen LogP contribution in [0, 0.1) is 39.9 Å². The van der Waals surface area contributed by atoms with Crippen molar-refractivity contribution in [3.8, 4) is 0 Å². The Hall–Kier alpha value is -1.84. The fourth-order valence-corrected chi connectivity index (χ4v) is 8.44. The maximum Gasteiger partial charge on any atom is 0.330 e. The molecule has 3 rings (SSSR count). The Morgan fingerprint density at radius 1 is 1.18 bits per heavy atom. The third-order valence-electron chi connectivity index (χ3n) is 10.7. The first-order valence-corrected chi connectivity index (χ1v) is 13.3. The second-order valence-corrected chi connectivity index (χ2v) is 12.4. The molecule has 4 nitrogen and oxygen atoms in total. The number of rotatable bonds is 9. The van der Waals surface area contributed by atoms with E-state index in [2.05, 4.69) is 47.3 Å². The quantitative estimate of drug-likeness (QED) is 0.268. The van der Waals surface area contributed by atoms with Crippen molar-refractivity contribution < 1.29 is 19.8 Å². The zero-order valence-corrected chi connectivity index (χ0v) is 22.2. The molecule has 0 spiro atoms. The van der Waals surface area contributed by atoms with Gasteiger partial charge in [-0.1, -0.05) is 57.6 Å². The largest absolute Gasteiger partial charge is 0.481 e. The molecule has 3 aliphatic rings. The van der Waals surface area contributed by atoms with Gasteiger partial charge in [-0.15, -0.1) is 0 Å². The van der Waals surface area contributed by atoms with Gasteiger partial charge in [-0.05, 0) is 105 Å². The maximum atomic E-state index is 11.5. The standard InChI is InChI=1S/C30H46O4/c1-19(2)22-11-12-25-24(28(22,5)16-15-26(31)32)14-18-29(6)23(13-17-30(25,29)7)20(3)9-8-10-21(4)27(33)34/h10,12,20,22-24H,1,8-9,11,13-18H2,2-7H3,(H,31,32)(H,33,34)/t20?,22-,23-,24-,28+,29+,30-/m1/s1. The second kappa shape index (κ2) is 9.66. The second-order valence-electron chi connectivity index (χ2n) is 12.4. The minimum atomic E-state index is -0.824. The van der Waals surface area contributed by atoms with Crippen LogP contribution in [0.25, 0.3) is 0 Å². The Bertz CT molecular complexity index is 897. The fraction of sp³-hybridized carbons (Fsp3) is 0.733. The molecule has 2 fully saturated rings. The molecule has 1 unspecified atom stereocenters. The van der Waals surface area contributed by atoms with Gasteiger partial charge in [-0.2, -0.15) is 0 Å². The smallest absolute Gasteiger partial charge is 0.330 e. The third kappa shape index (κ3) is 4.42. The SMILES string of the molecule is C=C(C)[C@H]1CC=C2[C@@H](CC[C@@]3(C)[C@@H](C(C)CCC=C(C)C(=O)O)CC[C@]23C)[C@@]1(C)CCC(=O)O. The zero-order valence-electron chi connectivity index (χ0n) is 22.2. The van der Waals surface area contributed by atoms with Crippen molar-refractivity contribution in [3.05, 3.63) is 35.5 Å². The van der Waals surface area contributed by atoms with Gasteiger partial charge < -0.3 is 10.2 Å². The van der Waals surface area contributed by atoms with Crippen LogP contribution in [0.3, 0.4) is 0 Å². The van der Waals surface area contributed by atoms with Gasteiger partial charge in [-0.3, -0.25) is 4.79 Å². The van der Waals surface area contributed by atoms with Crippen molar-refractivity contribution in [2.45, 2.75) is 99.3 Å². The number of aliphatic carboxylic acids is 2. The van der Waals surface area contributed by atoms with Gasteiger partial charge in [0.25, 0.3) is 0 Å². The van der Waals surface area contributed by atoms with Gasteiger partial charge in [0.15, 0.2) is 0 Å². The lowest BCUT2D eigenvalue weighted by molar-refractivity contribution is -0.138. The van der Waals surface area contributed by atoms with Crippen molar-refractivity contribution >= 4 is 11.9 Å². The Morgan fingerprint density at radius 3 is 2.44 bits per heavy atom. The molecule has 0 saturated heterocycles. The highest BCUT2D eigenvalue weighted by atomic mass is 16.4. The summed E-state index contributed by atoms with van der Waals surface area (Å²) in [6, 6.07) is 0. The molecule has 7 atom stereocenters. The zero-order chi connectivity index (χ0) is 25.5. The van der Waals surface area contributed by atoms with E-state index < -0.39 is 11.9 Å². The summed E-state index contributed by atoms with van der Waals surface area (Å²) in [5.41, 5.74) is 3.54. The number of fused-ring (bicyclic) bond motifs is 3. The van der Waals surface area contributed by atoms with E-state index in [1.165, 1.54) is 24.8 Å². The average molecular weight is 471 g/mol. The Labute approximate surface area is 206 Å². The lowest BCUT2D eigenvalue weighted by atomic mass is 9.44. The minimum absolute atomic E-state index is 0.0541. The van der Waals surface area contributed by atoms with Crippen LogP contribution in [0.15, 0.2) is 35.5 Å². The van der Waals surface area contributed by atoms with Crippen LogP contribution < -0.4 is 0 Å². The monoisotopic (exact) mass is 470 g/mol. The molecule has 2 saturated carbocycles. The Balaban J connectivity index is 1.87. The van der Waals surface area contributed by atoms with Gasteiger partial charge in [-0.25, -0.2) is 4.79 Å². The van der Waals surface area contributed by atoms with E-state index in [4.69, 9.17) is 5.11 Å². The summed E-state index contributed by atoms with van der Waals surface area (Å²) in [5, 5.41) is 18.6. The lowest BCUT2D eigenvalue weighted by Crippen LogP contribution is -2.52. The molecule has 3 aliphatic carbocycles. The first kappa shape index (κ1) is 26.8. The Kier molecular flexibility index (Phi) is 7.60. The molecule has 0 aromatic carbocycles. The lowest BCUT2D eigenvalue weighted by Gasteiger charge is -2.60. The van der Waals surface area contributed by atoms with E-state index >= 15 is 0 Å². The number of hydrogen-bond donors (Lipinski definition) is 2. The highest BCUT2D eigenvalue weighted by Gasteiger charge is 2.63. The summed E-state index contributed by atoms with van der Waals surface area (Å²) in [4.78, 5) is 22.7. The molecule has 0 bridgehead atoms. The van der Waals surface area contributed by atoms with Crippen LogP contribution in [0.4, 0.5) is 0 Å². The third-order valence-corrected chi connectivity index (χ3v) is 10.7. The maximum absolute atomic E-state index is 11.5. The predicted molar refractivity (Wildman–Crippen MR) is 137 cm³/mol. The van der Waals surface area contributed by atoms with E-state index in [9.17, 15) is 14.7 Å². The number of carboxylic acid groups (broad SMARTS) is 2. The molecule has 0 heterocycles. The van der Waals surface area contributed by atoms with Crippen LogP contribution in [-0.2, 0) is 9.59 Å². The van der Waals surface area contributed by atoms with Crippen molar-refractivity contribution in [3.63, 3.8) is 0 Å². The molecule has 0 aliphatic heterocycles. The summed E-state index contributed by atoms with van der Waals surface area (Å²) in [7, 11) is 0. The van der Waals surface area contributed by atoms with Crippen LogP contribution in [0.2, 0.25) is 0 Å². The van der Waals surface area contributed by atoms with Crippen molar-refractivity contribution in [1.82, 2.24) is 0 Å². The summed E-state index contributed by atoms with van der Waals surface area (Å²) >= 11 is 0. The van der Waals surface area contributed by atoms with Crippen molar-refractivity contribution in [2.75, 3.05) is 0 Å². The molecule has 0 radical (unpaired) electrons. The topological polar surface area (TPSA) is 74.6 Å². The van der Waals surface area contributed by atoms with Crippen molar-refractivity contribution in [2.24, 2.45) is 39.9 Å². The van der Waals surface area contributed by atoms with Crippen LogP contribution in [0.5, 0.6) is 0 Å². The molecular weight excluding hydrogens is 424 g/mol. The highest BCUT2D eigenvalue weighted by molar-refractivity contribution is 5.85. The summed E-state index contributed by atoms with van der Waals surface area (Å²) in [5.74, 6) is 0.416. The molecule has 0 amide bonds. The first-order valence-electron chi connectivity index (χ1n) is 13.3. The van der Waals surface area contributed by atoms with Crippen LogP contribution in [-0.4, -0.2) is 22.2 Å². The van der Waals surface area contributed by atoms with Gasteiger partial charge in [0, 0.05) is 12.0 Å². The normalized spacial score (nSPS) is 38.5. The first-order chi connectivity index (χ1) is 15.8. The summed E-state index contributed by atoms with van der Waals surface area (Å²) in [6.45, 7) is 17.8. The molecule has 0 aromatic heterocycles. The molecule has 190 valence electrons. The molecule has 0 aromatic rings. The summed E-state index contributed by atoms with van der Waals surface area (Å²) in [6.07, 6.45) is 12.9. The minimum Gasteiger partial charge on any atom is -0.481 e. The van der Waals surface area contributed by atoms with Gasteiger partial charge in [0.1, 0.15) is 0 Å². The molecule has 2 N–H and O–H groups in total. The van der Waals surface area contributed by atoms with Gasteiger partial charge >= 0.3 is 11.9 Å². The van der Waals surface area contributed by atoms with Crippen LogP contribution >= 0.6 is 0 Å². The summed E-state index contributed by atoms with van der Waals surface area (Å²) < 4.78 is 0. The highest BCUT2D eigenvalue weighted by Crippen LogP contribution is 2.71. The molecule has 34 heavy (non-hydrogen) atoms. The van der Waals surface area contributed by atoms with Crippen molar-refractivity contribution in [1.29, 1.82) is 0 Å². The number of carbonyl (C=O) groups is 2. The Morgan fingerprint density at radius 2 is 1.85 bits per heavy atom. The van der Waals surface area contributed by atoms with E-state index in [1.54, 1.807) is 12.5 Å². The van der Waals surface area contributed by atoms with E-state index in [1.807, 2.05) is 6.08 Å². The van der Waals surface area contributed by atoms with E-state index in [0.29, 0.717) is 35.7 Å². The molecule has 4 heteroatoms. The number of allylic oxidation sites excluding steroid dienone is 4. The predicted octanol–water partition coefficient (Wildman–Crippen LogP) is 7.66. The molecular formula is C30H46O4. The van der Waals surface area contributed by atoms with Gasteiger partial charge in [0.05, 0.1) is 0 Å². The van der Waals surface area contributed by atoms with Gasteiger partial charge in [0.2, 0.25) is 0 Å².